The Labute approximate surface area is 163 Å². The third kappa shape index (κ3) is 1.66. The van der Waals surface area contributed by atoms with Gasteiger partial charge in [-0.2, -0.15) is 0 Å². The predicted octanol–water partition coefficient (Wildman–Crippen LogP) is -1.46. The van der Waals surface area contributed by atoms with E-state index in [-0.39, 0.29) is 19.4 Å². The minimum atomic E-state index is -2.28. The Hall–Kier alpha value is -0.610. The van der Waals surface area contributed by atoms with E-state index in [1.165, 1.54) is 0 Å². The lowest BCUT2D eigenvalue weighted by Crippen LogP contribution is -2.85. The lowest BCUT2D eigenvalue weighted by molar-refractivity contribution is -0.455. The van der Waals surface area contributed by atoms with E-state index in [4.69, 9.17) is 4.74 Å². The molecular weight excluding hydrogens is 368 g/mol. The number of aliphatic hydroxyl groups is 6. The van der Waals surface area contributed by atoms with Crippen LogP contribution in [0.1, 0.15) is 39.5 Å². The van der Waals surface area contributed by atoms with Crippen molar-refractivity contribution in [2.75, 3.05) is 13.2 Å². The van der Waals surface area contributed by atoms with Gasteiger partial charge in [-0.25, -0.2) is 0 Å². The molecule has 4 aliphatic carbocycles. The largest absolute Gasteiger partial charge is 0.393 e. The van der Waals surface area contributed by atoms with E-state index < -0.39 is 76.1 Å². The number of ether oxygens (including phenoxy) is 1. The van der Waals surface area contributed by atoms with Gasteiger partial charge in [0.2, 0.25) is 5.79 Å². The fourth-order valence-electron chi connectivity index (χ4n) is 8.28. The minimum absolute atomic E-state index is 0.000200. The van der Waals surface area contributed by atoms with Crippen molar-refractivity contribution in [1.29, 1.82) is 0 Å². The van der Waals surface area contributed by atoms with E-state index >= 15 is 0 Å². The standard InChI is InChI=1S/C20H30O8/c1-16(2)4-3-11(23)17-8-28-20(27,14(24)13(16)17)18-6-9(5-10(22)12(17)18)19(26,7-21)15(18)25/h9-14,21-24,26-27H,3-8H2,1-2H3/t9-,10+,11+,12+,13-,14+,17+,18+,19+,20+/m1/s1. The zero-order valence-corrected chi connectivity index (χ0v) is 16.2. The quantitative estimate of drug-likeness (QED) is 0.314. The Balaban J connectivity index is 1.80. The van der Waals surface area contributed by atoms with Crippen molar-refractivity contribution >= 4 is 5.78 Å². The third-order valence-electron chi connectivity index (χ3n) is 9.31. The molecule has 2 saturated heterocycles. The summed E-state index contributed by atoms with van der Waals surface area (Å²) in [5, 5.41) is 66.1. The second-order valence-electron chi connectivity index (χ2n) is 10.6. The van der Waals surface area contributed by atoms with Gasteiger partial charge in [0.25, 0.3) is 0 Å². The summed E-state index contributed by atoms with van der Waals surface area (Å²) in [5.74, 6) is -5.27. The molecule has 158 valence electrons. The van der Waals surface area contributed by atoms with Crippen LogP contribution in [-0.2, 0) is 9.53 Å². The van der Waals surface area contributed by atoms with Crippen LogP contribution in [0.25, 0.3) is 0 Å². The molecule has 6 fully saturated rings. The summed E-state index contributed by atoms with van der Waals surface area (Å²) >= 11 is 0. The second kappa shape index (κ2) is 5.17. The number of hydrogen-bond donors (Lipinski definition) is 6. The minimum Gasteiger partial charge on any atom is -0.393 e. The smallest absolute Gasteiger partial charge is 0.205 e. The fraction of sp³-hybridized carbons (Fsp3) is 0.950. The Bertz CT molecular complexity index is 740. The van der Waals surface area contributed by atoms with Crippen molar-refractivity contribution in [3.05, 3.63) is 0 Å². The zero-order valence-electron chi connectivity index (χ0n) is 16.2. The van der Waals surface area contributed by atoms with E-state index in [0.717, 1.165) is 0 Å². The zero-order chi connectivity index (χ0) is 20.5. The van der Waals surface area contributed by atoms with Gasteiger partial charge in [0, 0.05) is 23.2 Å². The first kappa shape index (κ1) is 19.4. The van der Waals surface area contributed by atoms with Crippen LogP contribution in [0, 0.1) is 34.0 Å². The summed E-state index contributed by atoms with van der Waals surface area (Å²) in [6.07, 6.45) is -2.31. The molecule has 0 aromatic rings. The topological polar surface area (TPSA) is 148 Å². The van der Waals surface area contributed by atoms with Gasteiger partial charge in [-0.3, -0.25) is 4.79 Å². The van der Waals surface area contributed by atoms with Crippen LogP contribution in [0.3, 0.4) is 0 Å². The molecule has 0 radical (unpaired) electrons. The number of fused-ring (bicyclic) bond motifs is 2. The van der Waals surface area contributed by atoms with Crippen LogP contribution in [-0.4, -0.2) is 79.3 Å². The summed E-state index contributed by atoms with van der Waals surface area (Å²) in [6, 6.07) is 0. The lowest BCUT2D eigenvalue weighted by atomic mass is 9.35. The maximum Gasteiger partial charge on any atom is 0.205 e. The first-order valence-corrected chi connectivity index (χ1v) is 10.2. The van der Waals surface area contributed by atoms with Gasteiger partial charge in [-0.05, 0) is 31.1 Å². The number of carbonyl (C=O) groups is 1. The fourth-order valence-corrected chi connectivity index (χ4v) is 8.28. The second-order valence-corrected chi connectivity index (χ2v) is 10.6. The average molecular weight is 398 g/mol. The molecule has 0 aromatic heterocycles. The summed E-state index contributed by atoms with van der Waals surface area (Å²) in [6.45, 7) is 3.02. The molecule has 2 aliphatic heterocycles. The van der Waals surface area contributed by atoms with Crippen LogP contribution >= 0.6 is 0 Å². The predicted molar refractivity (Wildman–Crippen MR) is 93.5 cm³/mol. The van der Waals surface area contributed by atoms with Crippen molar-refractivity contribution in [2.45, 2.75) is 69.2 Å². The van der Waals surface area contributed by atoms with Crippen molar-refractivity contribution in [2.24, 2.45) is 34.0 Å². The summed E-state index contributed by atoms with van der Waals surface area (Å²) in [7, 11) is 0. The van der Waals surface area contributed by atoms with Gasteiger partial charge >= 0.3 is 0 Å². The van der Waals surface area contributed by atoms with E-state index in [2.05, 4.69) is 0 Å². The molecule has 2 spiro atoms. The van der Waals surface area contributed by atoms with Gasteiger partial charge in [0.05, 0.1) is 30.8 Å². The molecule has 28 heavy (non-hydrogen) atoms. The van der Waals surface area contributed by atoms with E-state index in [0.29, 0.717) is 12.8 Å². The van der Waals surface area contributed by atoms with Crippen molar-refractivity contribution in [3.8, 4) is 0 Å². The highest BCUT2D eigenvalue weighted by atomic mass is 16.6. The highest BCUT2D eigenvalue weighted by Crippen LogP contribution is 2.76. The Kier molecular flexibility index (Phi) is 3.57. The average Bonchev–Trinajstić information content (AvgIpc) is 2.81. The van der Waals surface area contributed by atoms with Gasteiger partial charge in [-0.1, -0.05) is 13.8 Å². The van der Waals surface area contributed by atoms with E-state index in [1.54, 1.807) is 0 Å². The van der Waals surface area contributed by atoms with Crippen LogP contribution in [0.15, 0.2) is 0 Å². The molecule has 8 heteroatoms. The van der Waals surface area contributed by atoms with Gasteiger partial charge in [-0.15, -0.1) is 0 Å². The van der Waals surface area contributed by atoms with E-state index in [9.17, 15) is 35.4 Å². The SMILES string of the molecule is CC1(C)CC[C@H](O)[C@]23CO[C@@](O)([C@@H](O)[C@H]12)[C@@]12C[C@@H](C[C@H](O)[C@@H]31)[C@@](O)(CO)C2=O. The molecule has 4 saturated carbocycles. The van der Waals surface area contributed by atoms with Crippen LogP contribution in [0.5, 0.6) is 0 Å². The van der Waals surface area contributed by atoms with Crippen LogP contribution in [0.2, 0.25) is 0 Å². The summed E-state index contributed by atoms with van der Waals surface area (Å²) in [4.78, 5) is 13.6. The Morgan fingerprint density at radius 2 is 1.82 bits per heavy atom. The first-order valence-electron chi connectivity index (χ1n) is 10.2. The maximum atomic E-state index is 13.6. The lowest BCUT2D eigenvalue weighted by Gasteiger charge is -2.74. The highest BCUT2D eigenvalue weighted by Gasteiger charge is 2.88. The number of ketones is 1. The highest BCUT2D eigenvalue weighted by molar-refractivity contribution is 5.97. The molecule has 2 heterocycles. The number of rotatable bonds is 1. The van der Waals surface area contributed by atoms with Gasteiger partial charge in [0.1, 0.15) is 11.7 Å². The van der Waals surface area contributed by atoms with Gasteiger partial charge in [0.15, 0.2) is 5.78 Å². The normalized spacial score (nSPS) is 61.8. The molecule has 8 nitrogen and oxygen atoms in total. The number of aliphatic hydroxyl groups excluding tert-OH is 4. The monoisotopic (exact) mass is 398 g/mol. The van der Waals surface area contributed by atoms with Gasteiger partial charge < -0.3 is 35.4 Å². The van der Waals surface area contributed by atoms with Crippen molar-refractivity contribution < 1.29 is 40.2 Å². The Morgan fingerprint density at radius 3 is 2.46 bits per heavy atom. The molecule has 0 aromatic carbocycles. The molecule has 4 bridgehead atoms. The first-order chi connectivity index (χ1) is 12.9. The number of carbonyl (C=O) groups excluding carboxylic acids is 1. The van der Waals surface area contributed by atoms with Crippen molar-refractivity contribution in [3.63, 3.8) is 0 Å². The molecule has 6 N–H and O–H groups in total. The summed E-state index contributed by atoms with van der Waals surface area (Å²) in [5.41, 5.74) is -5.45. The molecular formula is C20H30O8. The number of Topliss-reactive ketones (excluding diaryl/α,β-unsaturated/α-hetero) is 1. The van der Waals surface area contributed by atoms with Crippen LogP contribution < -0.4 is 0 Å². The molecule has 6 rings (SSSR count). The van der Waals surface area contributed by atoms with Crippen LogP contribution in [0.4, 0.5) is 0 Å². The van der Waals surface area contributed by atoms with Crippen molar-refractivity contribution in [1.82, 2.24) is 0 Å². The maximum absolute atomic E-state index is 13.6. The third-order valence-corrected chi connectivity index (χ3v) is 9.31. The molecule has 10 atom stereocenters. The number of hydrogen-bond acceptors (Lipinski definition) is 8. The molecule has 0 unspecified atom stereocenters. The summed E-state index contributed by atoms with van der Waals surface area (Å²) < 4.78 is 5.77. The molecule has 0 amide bonds. The Morgan fingerprint density at radius 1 is 1.14 bits per heavy atom. The molecule has 6 aliphatic rings. The van der Waals surface area contributed by atoms with E-state index in [1.807, 2.05) is 13.8 Å².